The molecule has 4 atom stereocenters. The molecule has 4 aromatic rings. The molecule has 1 fully saturated rings. The third kappa shape index (κ3) is 4.42. The molecular weight excluding hydrogens is 484 g/mol. The summed E-state index contributed by atoms with van der Waals surface area (Å²) < 4.78 is 11.6. The molecule has 0 amide bonds. The van der Waals surface area contributed by atoms with Gasteiger partial charge in [-0.25, -0.2) is 4.99 Å². The number of benzene rings is 4. The molecule has 0 aliphatic carbocycles. The number of ether oxygens (including phenoxy) is 2. The van der Waals surface area contributed by atoms with E-state index in [-0.39, 0.29) is 17.6 Å². The lowest BCUT2D eigenvalue weighted by Crippen LogP contribution is -2.41. The SMILES string of the molecule is COc1ccc([C@@H](O)C2C(C3=NC(C)(C)CO3)N2C(c2ccccc2)(c2ccccc2)c2ccccc2)cc1. The van der Waals surface area contributed by atoms with Crippen molar-refractivity contribution in [1.29, 1.82) is 0 Å². The third-order valence-electron chi connectivity index (χ3n) is 7.84. The second-order valence-corrected chi connectivity index (χ2v) is 10.9. The van der Waals surface area contributed by atoms with Crippen molar-refractivity contribution >= 4 is 5.90 Å². The maximum atomic E-state index is 12.0. The Morgan fingerprint density at radius 3 is 1.72 bits per heavy atom. The van der Waals surface area contributed by atoms with Gasteiger partial charge in [0.05, 0.1) is 30.3 Å². The van der Waals surface area contributed by atoms with Gasteiger partial charge in [0.15, 0.2) is 0 Å². The number of aliphatic hydroxyl groups excluding tert-OH is 1. The molecule has 5 nitrogen and oxygen atoms in total. The number of aliphatic imine (C=N–C) groups is 1. The van der Waals surface area contributed by atoms with Gasteiger partial charge >= 0.3 is 0 Å². The normalized spacial score (nSPS) is 22.5. The predicted octanol–water partition coefficient (Wildman–Crippen LogP) is 5.98. The van der Waals surface area contributed by atoms with E-state index in [1.54, 1.807) is 7.11 Å². The van der Waals surface area contributed by atoms with Crippen molar-refractivity contribution in [3.05, 3.63) is 138 Å². The topological polar surface area (TPSA) is 54.1 Å². The highest BCUT2D eigenvalue weighted by atomic mass is 16.5. The second-order valence-electron chi connectivity index (χ2n) is 10.9. The highest BCUT2D eigenvalue weighted by molar-refractivity contribution is 5.88. The average molecular weight is 519 g/mol. The summed E-state index contributed by atoms with van der Waals surface area (Å²) in [5.74, 6) is 1.44. The molecule has 0 saturated carbocycles. The average Bonchev–Trinajstić information content (AvgIpc) is 3.62. The summed E-state index contributed by atoms with van der Waals surface area (Å²) in [6.45, 7) is 4.69. The van der Waals surface area contributed by atoms with Crippen LogP contribution in [0.4, 0.5) is 0 Å². The molecule has 2 aliphatic heterocycles. The molecule has 0 aromatic heterocycles. The predicted molar refractivity (Wildman–Crippen MR) is 154 cm³/mol. The monoisotopic (exact) mass is 518 g/mol. The molecule has 6 rings (SSSR count). The molecule has 2 aliphatic rings. The van der Waals surface area contributed by atoms with E-state index < -0.39 is 11.6 Å². The summed E-state index contributed by atoms with van der Waals surface area (Å²) in [7, 11) is 1.65. The molecule has 3 unspecified atom stereocenters. The van der Waals surface area contributed by atoms with Gasteiger partial charge in [0.2, 0.25) is 5.90 Å². The van der Waals surface area contributed by atoms with Crippen LogP contribution in [0.1, 0.15) is 42.2 Å². The van der Waals surface area contributed by atoms with Crippen molar-refractivity contribution in [1.82, 2.24) is 4.90 Å². The Morgan fingerprint density at radius 2 is 1.31 bits per heavy atom. The molecule has 1 saturated heterocycles. The van der Waals surface area contributed by atoms with Crippen LogP contribution in [0.3, 0.4) is 0 Å². The standard InChI is InChI=1S/C34H34N2O3/c1-33(2)23-39-32(35-33)30-29(31(37)24-19-21-28(38-3)22-20-24)36(30)34(25-13-7-4-8-14-25,26-15-9-5-10-16-26)27-17-11-6-12-18-27/h4-22,29-31,37H,23H2,1-3H3/t29?,30?,31-,36?/m1/s1. The Morgan fingerprint density at radius 1 is 0.821 bits per heavy atom. The summed E-state index contributed by atoms with van der Waals surface area (Å²) in [5.41, 5.74) is 3.19. The van der Waals surface area contributed by atoms with E-state index >= 15 is 0 Å². The Kier molecular flexibility index (Phi) is 6.49. The number of nitrogens with zero attached hydrogens (tertiary/aromatic N) is 2. The lowest BCUT2D eigenvalue weighted by Gasteiger charge is -2.39. The van der Waals surface area contributed by atoms with E-state index in [0.29, 0.717) is 12.5 Å². The van der Waals surface area contributed by atoms with Crippen LogP contribution in [0.25, 0.3) is 0 Å². The number of hydrogen-bond acceptors (Lipinski definition) is 5. The summed E-state index contributed by atoms with van der Waals surface area (Å²) in [6, 6.07) is 38.8. The number of aliphatic hydroxyl groups is 1. The summed E-state index contributed by atoms with van der Waals surface area (Å²) in [6.07, 6.45) is -0.772. The fraction of sp³-hybridized carbons (Fsp3) is 0.265. The van der Waals surface area contributed by atoms with E-state index in [0.717, 1.165) is 28.0 Å². The Bertz CT molecular complexity index is 1340. The summed E-state index contributed by atoms with van der Waals surface area (Å²) in [4.78, 5) is 7.39. The zero-order chi connectivity index (χ0) is 27.0. The van der Waals surface area contributed by atoms with Crippen LogP contribution in [0.5, 0.6) is 5.75 Å². The van der Waals surface area contributed by atoms with Crippen molar-refractivity contribution in [3.63, 3.8) is 0 Å². The molecule has 0 spiro atoms. The maximum Gasteiger partial charge on any atom is 0.203 e. The molecule has 1 N–H and O–H groups in total. The highest BCUT2D eigenvalue weighted by Gasteiger charge is 2.66. The van der Waals surface area contributed by atoms with Crippen molar-refractivity contribution in [2.45, 2.75) is 43.1 Å². The first-order valence-electron chi connectivity index (χ1n) is 13.5. The number of methoxy groups -OCH3 is 1. The molecule has 5 heteroatoms. The third-order valence-corrected chi connectivity index (χ3v) is 7.84. The van der Waals surface area contributed by atoms with Crippen LogP contribution >= 0.6 is 0 Å². The van der Waals surface area contributed by atoms with Crippen molar-refractivity contribution in [2.75, 3.05) is 13.7 Å². The van der Waals surface area contributed by atoms with Gasteiger partial charge in [-0.2, -0.15) is 0 Å². The summed E-state index contributed by atoms with van der Waals surface area (Å²) >= 11 is 0. The molecular formula is C34H34N2O3. The van der Waals surface area contributed by atoms with Crippen LogP contribution in [0.15, 0.2) is 120 Å². The zero-order valence-corrected chi connectivity index (χ0v) is 22.6. The molecule has 4 aromatic carbocycles. The quantitative estimate of drug-likeness (QED) is 0.230. The van der Waals surface area contributed by atoms with E-state index in [2.05, 4.69) is 91.5 Å². The Balaban J connectivity index is 1.58. The van der Waals surface area contributed by atoms with Crippen LogP contribution in [0.2, 0.25) is 0 Å². The first-order valence-corrected chi connectivity index (χ1v) is 13.5. The van der Waals surface area contributed by atoms with Gasteiger partial charge in [0.1, 0.15) is 18.4 Å². The van der Waals surface area contributed by atoms with E-state index in [4.69, 9.17) is 14.5 Å². The first kappa shape index (κ1) is 25.4. The smallest absolute Gasteiger partial charge is 0.203 e. The van der Waals surface area contributed by atoms with Gasteiger partial charge in [0.25, 0.3) is 0 Å². The molecule has 0 radical (unpaired) electrons. The Labute approximate surface area is 230 Å². The van der Waals surface area contributed by atoms with Crippen molar-refractivity contribution < 1.29 is 14.6 Å². The van der Waals surface area contributed by atoms with Gasteiger partial charge < -0.3 is 14.6 Å². The van der Waals surface area contributed by atoms with E-state index in [1.165, 1.54) is 0 Å². The lowest BCUT2D eigenvalue weighted by molar-refractivity contribution is 0.142. The fourth-order valence-electron chi connectivity index (χ4n) is 6.02. The van der Waals surface area contributed by atoms with E-state index in [1.807, 2.05) is 42.5 Å². The molecule has 39 heavy (non-hydrogen) atoms. The molecule has 2 heterocycles. The van der Waals surface area contributed by atoms with Gasteiger partial charge in [-0.15, -0.1) is 0 Å². The molecule has 0 bridgehead atoms. The minimum Gasteiger partial charge on any atom is -0.497 e. The minimum absolute atomic E-state index is 0.218. The van der Waals surface area contributed by atoms with E-state index in [9.17, 15) is 5.11 Å². The summed E-state index contributed by atoms with van der Waals surface area (Å²) in [5, 5.41) is 12.0. The minimum atomic E-state index is -0.772. The Hall–Kier alpha value is -3.93. The second kappa shape index (κ2) is 9.99. The number of rotatable bonds is 8. The molecule has 198 valence electrons. The number of hydrogen-bond donors (Lipinski definition) is 1. The van der Waals surface area contributed by atoms with Crippen LogP contribution < -0.4 is 4.74 Å². The highest BCUT2D eigenvalue weighted by Crippen LogP contribution is 2.55. The van der Waals surface area contributed by atoms with Gasteiger partial charge in [-0.1, -0.05) is 103 Å². The first-order chi connectivity index (χ1) is 19.0. The largest absolute Gasteiger partial charge is 0.497 e. The zero-order valence-electron chi connectivity index (χ0n) is 22.6. The maximum absolute atomic E-state index is 12.0. The van der Waals surface area contributed by atoms with Gasteiger partial charge in [-0.3, -0.25) is 4.90 Å². The lowest BCUT2D eigenvalue weighted by atomic mass is 9.76. The van der Waals surface area contributed by atoms with Gasteiger partial charge in [0, 0.05) is 0 Å². The van der Waals surface area contributed by atoms with Crippen LogP contribution in [-0.4, -0.2) is 47.2 Å². The van der Waals surface area contributed by atoms with Crippen molar-refractivity contribution in [2.24, 2.45) is 4.99 Å². The van der Waals surface area contributed by atoms with Crippen molar-refractivity contribution in [3.8, 4) is 5.75 Å². The van der Waals surface area contributed by atoms with Crippen LogP contribution in [-0.2, 0) is 10.3 Å². The van der Waals surface area contributed by atoms with Gasteiger partial charge in [-0.05, 0) is 48.2 Å². The fourth-order valence-corrected chi connectivity index (χ4v) is 6.02. The van der Waals surface area contributed by atoms with Crippen LogP contribution in [0, 0.1) is 0 Å².